The van der Waals surface area contributed by atoms with E-state index in [4.69, 9.17) is 0 Å². The monoisotopic (exact) mass is 352 g/mol. The summed E-state index contributed by atoms with van der Waals surface area (Å²) in [7, 11) is -3.25. The van der Waals surface area contributed by atoms with Crippen molar-refractivity contribution in [2.24, 2.45) is 0 Å². The number of hydrogen-bond donors (Lipinski definition) is 2. The van der Waals surface area contributed by atoms with E-state index in [1.165, 1.54) is 23.6 Å². The summed E-state index contributed by atoms with van der Waals surface area (Å²) < 4.78 is 23.4. The summed E-state index contributed by atoms with van der Waals surface area (Å²) in [6, 6.07) is 3.12. The highest BCUT2D eigenvalue weighted by atomic mass is 32.2. The number of fused-ring (bicyclic) bond motifs is 1. The van der Waals surface area contributed by atoms with Gasteiger partial charge in [-0.05, 0) is 12.1 Å². The fourth-order valence-electron chi connectivity index (χ4n) is 2.16. The summed E-state index contributed by atoms with van der Waals surface area (Å²) in [6.07, 6.45) is 1.32. The number of thiazole rings is 1. The highest BCUT2D eigenvalue weighted by Crippen LogP contribution is 2.22. The van der Waals surface area contributed by atoms with Crippen LogP contribution in [0, 0.1) is 0 Å². The Bertz CT molecular complexity index is 807. The van der Waals surface area contributed by atoms with Crippen LogP contribution < -0.4 is 10.6 Å². The van der Waals surface area contributed by atoms with Gasteiger partial charge in [0.15, 0.2) is 14.8 Å². The molecule has 7 nitrogen and oxygen atoms in total. The molecule has 0 unspecified atom stereocenters. The molecule has 9 heteroatoms. The molecule has 0 fully saturated rings. The number of aromatic nitrogens is 2. The number of nitrogens with zero attached hydrogens (tertiary/aromatic N) is 2. The van der Waals surface area contributed by atoms with Crippen molar-refractivity contribution in [3.8, 4) is 0 Å². The zero-order valence-electron chi connectivity index (χ0n) is 12.5. The number of carbonyl (C=O) groups excluding carboxylic acids is 1. The summed E-state index contributed by atoms with van der Waals surface area (Å²) in [5, 5.41) is 6.37. The van der Waals surface area contributed by atoms with E-state index in [9.17, 15) is 13.2 Å². The van der Waals surface area contributed by atoms with Gasteiger partial charge in [0, 0.05) is 24.2 Å². The predicted octanol–water partition coefficient (Wildman–Crippen LogP) is 0.865. The van der Waals surface area contributed by atoms with Crippen LogP contribution >= 0.6 is 11.3 Å². The van der Waals surface area contributed by atoms with Crippen molar-refractivity contribution in [2.45, 2.75) is 31.5 Å². The number of amides is 1. The first-order chi connectivity index (χ1) is 11.0. The van der Waals surface area contributed by atoms with Crippen molar-refractivity contribution in [2.75, 3.05) is 5.75 Å². The molecule has 23 heavy (non-hydrogen) atoms. The van der Waals surface area contributed by atoms with E-state index in [1.54, 1.807) is 13.0 Å². The second-order valence-corrected chi connectivity index (χ2v) is 8.43. The smallest absolute Gasteiger partial charge is 0.280 e. The molecule has 122 valence electrons. The molecular weight excluding hydrogens is 336 g/mol. The molecule has 1 aliphatic rings. The number of carbonyl (C=O) groups is 1. The van der Waals surface area contributed by atoms with E-state index in [0.717, 1.165) is 17.1 Å². The molecule has 1 amide bonds. The molecule has 2 aromatic heterocycles. The van der Waals surface area contributed by atoms with Crippen molar-refractivity contribution in [1.29, 1.82) is 0 Å². The van der Waals surface area contributed by atoms with Gasteiger partial charge < -0.3 is 10.6 Å². The van der Waals surface area contributed by atoms with Gasteiger partial charge in [0.05, 0.1) is 28.6 Å². The Labute approximate surface area is 138 Å². The first-order valence-electron chi connectivity index (χ1n) is 7.15. The van der Waals surface area contributed by atoms with Crippen LogP contribution in [0.1, 0.15) is 33.0 Å². The highest BCUT2D eigenvalue weighted by Gasteiger charge is 2.20. The molecule has 3 heterocycles. The second-order valence-electron chi connectivity index (χ2n) is 5.06. The molecule has 0 atom stereocenters. The van der Waals surface area contributed by atoms with Crippen molar-refractivity contribution >= 4 is 27.1 Å². The molecule has 2 N–H and O–H groups in total. The molecule has 0 aromatic carbocycles. The van der Waals surface area contributed by atoms with Crippen LogP contribution in [0.5, 0.6) is 0 Å². The minimum absolute atomic E-state index is 0.0360. The molecule has 0 spiro atoms. The molecule has 3 rings (SSSR count). The molecule has 1 aliphatic heterocycles. The largest absolute Gasteiger partial charge is 0.344 e. The summed E-state index contributed by atoms with van der Waals surface area (Å²) in [6.45, 7) is 3.28. The SMILES string of the molecule is CCS(=O)(=O)c1ccc(CNC(=O)c2nc3c(s2)CNC3)nc1. The summed E-state index contributed by atoms with van der Waals surface area (Å²) >= 11 is 1.39. The molecule has 0 aliphatic carbocycles. The quantitative estimate of drug-likeness (QED) is 0.828. The van der Waals surface area contributed by atoms with Crippen LogP contribution in [0.2, 0.25) is 0 Å². The highest BCUT2D eigenvalue weighted by molar-refractivity contribution is 7.91. The molecule has 0 saturated carbocycles. The molecule has 0 radical (unpaired) electrons. The lowest BCUT2D eigenvalue weighted by Gasteiger charge is -2.05. The number of rotatable bonds is 5. The number of nitrogens with one attached hydrogen (secondary N) is 2. The number of sulfone groups is 1. The predicted molar refractivity (Wildman–Crippen MR) is 85.8 cm³/mol. The molecule has 0 bridgehead atoms. The maximum atomic E-state index is 12.1. The van der Waals surface area contributed by atoms with Gasteiger partial charge in [-0.1, -0.05) is 6.92 Å². The minimum Gasteiger partial charge on any atom is -0.344 e. The van der Waals surface area contributed by atoms with Gasteiger partial charge in [0.2, 0.25) is 0 Å². The maximum absolute atomic E-state index is 12.1. The zero-order valence-corrected chi connectivity index (χ0v) is 14.1. The van der Waals surface area contributed by atoms with Crippen LogP contribution in [0.15, 0.2) is 23.2 Å². The third kappa shape index (κ3) is 3.41. The van der Waals surface area contributed by atoms with Gasteiger partial charge in [-0.15, -0.1) is 11.3 Å². The van der Waals surface area contributed by atoms with Crippen LogP contribution in [-0.2, 0) is 29.5 Å². The van der Waals surface area contributed by atoms with Gasteiger partial charge >= 0.3 is 0 Å². The van der Waals surface area contributed by atoms with E-state index >= 15 is 0 Å². The Kier molecular flexibility index (Phi) is 4.42. The van der Waals surface area contributed by atoms with Gasteiger partial charge in [0.1, 0.15) is 0 Å². The number of hydrogen-bond acceptors (Lipinski definition) is 7. The van der Waals surface area contributed by atoms with Crippen LogP contribution in [0.3, 0.4) is 0 Å². The lowest BCUT2D eigenvalue weighted by atomic mass is 10.3. The van der Waals surface area contributed by atoms with Gasteiger partial charge in [-0.3, -0.25) is 9.78 Å². The third-order valence-corrected chi connectivity index (χ3v) is 6.33. The normalized spacial score (nSPS) is 13.8. The molecular formula is C14H16N4O3S2. The minimum atomic E-state index is -3.25. The first kappa shape index (κ1) is 16.0. The van der Waals surface area contributed by atoms with E-state index < -0.39 is 9.84 Å². The summed E-state index contributed by atoms with van der Waals surface area (Å²) in [5.41, 5.74) is 1.53. The van der Waals surface area contributed by atoms with Crippen molar-refractivity contribution in [3.63, 3.8) is 0 Å². The summed E-state index contributed by atoms with van der Waals surface area (Å²) in [5.74, 6) is -0.203. The van der Waals surface area contributed by atoms with Crippen molar-refractivity contribution < 1.29 is 13.2 Å². The standard InChI is InChI=1S/C14H16N4O3S2/c1-2-23(20,21)10-4-3-9(16-6-10)5-17-13(19)14-18-11-7-15-8-12(11)22-14/h3-4,6,15H,2,5,7-8H2,1H3,(H,17,19). The topological polar surface area (TPSA) is 101 Å². The Balaban J connectivity index is 1.62. The van der Waals surface area contributed by atoms with Crippen LogP contribution in [0.4, 0.5) is 0 Å². The Morgan fingerprint density at radius 3 is 2.87 bits per heavy atom. The first-order valence-corrected chi connectivity index (χ1v) is 9.61. The van der Waals surface area contributed by atoms with Crippen molar-refractivity contribution in [1.82, 2.24) is 20.6 Å². The summed E-state index contributed by atoms with van der Waals surface area (Å²) in [4.78, 5) is 21.8. The maximum Gasteiger partial charge on any atom is 0.280 e. The molecule has 2 aromatic rings. The Hall–Kier alpha value is -1.84. The number of pyridine rings is 1. The average molecular weight is 352 g/mol. The lowest BCUT2D eigenvalue weighted by molar-refractivity contribution is 0.0950. The van der Waals surface area contributed by atoms with Gasteiger partial charge in [-0.25, -0.2) is 13.4 Å². The Morgan fingerprint density at radius 2 is 2.22 bits per heavy atom. The van der Waals surface area contributed by atoms with Crippen LogP contribution in [-0.4, -0.2) is 30.0 Å². The van der Waals surface area contributed by atoms with E-state index in [-0.39, 0.29) is 23.1 Å². The van der Waals surface area contributed by atoms with Crippen molar-refractivity contribution in [3.05, 3.63) is 39.6 Å². The van der Waals surface area contributed by atoms with Gasteiger partial charge in [-0.2, -0.15) is 0 Å². The van der Waals surface area contributed by atoms with E-state index in [1.807, 2.05) is 0 Å². The fourth-order valence-corrected chi connectivity index (χ4v) is 3.95. The zero-order chi connectivity index (χ0) is 16.4. The lowest BCUT2D eigenvalue weighted by Crippen LogP contribution is -2.23. The average Bonchev–Trinajstić information content (AvgIpc) is 3.14. The second kappa shape index (κ2) is 6.34. The van der Waals surface area contributed by atoms with Gasteiger partial charge in [0.25, 0.3) is 5.91 Å². The fraction of sp³-hybridized carbons (Fsp3) is 0.357. The van der Waals surface area contributed by atoms with Crippen LogP contribution in [0.25, 0.3) is 0 Å². The third-order valence-electron chi connectivity index (χ3n) is 3.52. The Morgan fingerprint density at radius 1 is 1.39 bits per heavy atom. The van der Waals surface area contributed by atoms with E-state index in [2.05, 4.69) is 20.6 Å². The molecule has 0 saturated heterocycles. The van der Waals surface area contributed by atoms with E-state index in [0.29, 0.717) is 17.2 Å².